The molecule has 0 bridgehead atoms. The molecule has 0 radical (unpaired) electrons. The molecule has 5 heteroatoms. The Hall–Kier alpha value is -1.85. The van der Waals surface area contributed by atoms with Crippen LogP contribution in [0.4, 0.5) is 0 Å². The van der Waals surface area contributed by atoms with Gasteiger partial charge in [-0.05, 0) is 24.5 Å². The normalized spacial score (nSPS) is 22.2. The first-order chi connectivity index (χ1) is 12.2. The minimum atomic E-state index is 0.336. The second-order valence-electron chi connectivity index (χ2n) is 7.61. The van der Waals surface area contributed by atoms with E-state index >= 15 is 0 Å². The van der Waals surface area contributed by atoms with Crippen LogP contribution in [0.1, 0.15) is 36.7 Å². The van der Waals surface area contributed by atoms with Gasteiger partial charge in [-0.15, -0.1) is 0 Å². The highest BCUT2D eigenvalue weighted by Gasteiger charge is 2.48. The Morgan fingerprint density at radius 3 is 2.76 bits per heavy atom. The van der Waals surface area contributed by atoms with Crippen molar-refractivity contribution in [2.75, 3.05) is 19.7 Å². The first-order valence-electron chi connectivity index (χ1n) is 9.27. The van der Waals surface area contributed by atoms with Gasteiger partial charge >= 0.3 is 0 Å². The van der Waals surface area contributed by atoms with Gasteiger partial charge < -0.3 is 4.74 Å². The van der Waals surface area contributed by atoms with Crippen LogP contribution in [0.2, 0.25) is 0 Å². The van der Waals surface area contributed by atoms with Gasteiger partial charge in [0.05, 0.1) is 12.7 Å². The van der Waals surface area contributed by atoms with Gasteiger partial charge in [0.1, 0.15) is 5.82 Å². The zero-order valence-electron chi connectivity index (χ0n) is 14.9. The highest BCUT2D eigenvalue weighted by molar-refractivity contribution is 5.12. The van der Waals surface area contributed by atoms with E-state index in [1.807, 2.05) is 30.9 Å². The summed E-state index contributed by atoms with van der Waals surface area (Å²) in [7, 11) is 0. The molecule has 2 fully saturated rings. The first kappa shape index (κ1) is 16.6. The van der Waals surface area contributed by atoms with Crippen molar-refractivity contribution in [1.29, 1.82) is 0 Å². The van der Waals surface area contributed by atoms with Crippen molar-refractivity contribution in [2.24, 2.45) is 5.41 Å². The summed E-state index contributed by atoms with van der Waals surface area (Å²) in [5.41, 5.74) is 2.83. The summed E-state index contributed by atoms with van der Waals surface area (Å²) in [6.07, 6.45) is 12.3. The predicted octanol–water partition coefficient (Wildman–Crippen LogP) is 2.66. The van der Waals surface area contributed by atoms with Crippen molar-refractivity contribution in [3.05, 3.63) is 53.9 Å². The van der Waals surface area contributed by atoms with E-state index in [0.29, 0.717) is 11.5 Å². The molecule has 2 saturated heterocycles. The Morgan fingerprint density at radius 2 is 2.04 bits per heavy atom. The molecule has 25 heavy (non-hydrogen) atoms. The minimum absolute atomic E-state index is 0.336. The zero-order chi connectivity index (χ0) is 17.1. The first-order valence-corrected chi connectivity index (χ1v) is 9.27. The van der Waals surface area contributed by atoms with E-state index in [2.05, 4.69) is 32.8 Å². The molecule has 2 aromatic rings. The van der Waals surface area contributed by atoms with Crippen LogP contribution in [0, 0.1) is 5.41 Å². The van der Waals surface area contributed by atoms with Gasteiger partial charge in [-0.2, -0.15) is 0 Å². The number of pyridine rings is 1. The predicted molar refractivity (Wildman–Crippen MR) is 96.0 cm³/mol. The second-order valence-corrected chi connectivity index (χ2v) is 7.61. The van der Waals surface area contributed by atoms with Crippen LogP contribution in [-0.2, 0) is 24.1 Å². The van der Waals surface area contributed by atoms with Crippen LogP contribution < -0.4 is 0 Å². The molecule has 0 N–H and O–H groups in total. The quantitative estimate of drug-likeness (QED) is 0.810. The Balaban J connectivity index is 1.26. The molecule has 0 amide bonds. The molecule has 4 heterocycles. The lowest BCUT2D eigenvalue weighted by Gasteiger charge is -2.47. The number of aryl methyl sites for hydroxylation is 1. The maximum Gasteiger partial charge on any atom is 0.128 e. The Labute approximate surface area is 149 Å². The highest BCUT2D eigenvalue weighted by atomic mass is 16.5. The van der Waals surface area contributed by atoms with E-state index in [-0.39, 0.29) is 0 Å². The summed E-state index contributed by atoms with van der Waals surface area (Å²) in [6.45, 7) is 6.23. The van der Waals surface area contributed by atoms with Gasteiger partial charge in [0, 0.05) is 68.2 Å². The topological polar surface area (TPSA) is 51.1 Å². The standard InChI is InChI=1S/C20H26N4O/c1-2-4-19-22-10-17(11-23-19)12-24-13-20(14-24)8-18(25-15-20)7-16-5-3-6-21-9-16/h3,5-6,9-11,18H,2,4,7-8,12-15H2,1H3. The van der Waals surface area contributed by atoms with Gasteiger partial charge in [-0.1, -0.05) is 13.0 Å². The van der Waals surface area contributed by atoms with Crippen molar-refractivity contribution in [2.45, 2.75) is 45.3 Å². The molecule has 132 valence electrons. The summed E-state index contributed by atoms with van der Waals surface area (Å²) in [5.74, 6) is 0.953. The van der Waals surface area contributed by atoms with Crippen LogP contribution in [0.3, 0.4) is 0 Å². The minimum Gasteiger partial charge on any atom is -0.377 e. The molecular weight excluding hydrogens is 312 g/mol. The third kappa shape index (κ3) is 3.88. The van der Waals surface area contributed by atoms with E-state index in [0.717, 1.165) is 57.7 Å². The average molecular weight is 338 g/mol. The highest BCUT2D eigenvalue weighted by Crippen LogP contribution is 2.42. The van der Waals surface area contributed by atoms with Gasteiger partial charge in [-0.25, -0.2) is 9.97 Å². The molecule has 1 spiro atoms. The third-order valence-electron chi connectivity index (χ3n) is 5.23. The number of ether oxygens (including phenoxy) is 1. The Kier molecular flexibility index (Phi) is 4.77. The number of aromatic nitrogens is 3. The van der Waals surface area contributed by atoms with E-state index < -0.39 is 0 Å². The Bertz CT molecular complexity index is 683. The largest absolute Gasteiger partial charge is 0.377 e. The van der Waals surface area contributed by atoms with Crippen LogP contribution in [0.15, 0.2) is 36.9 Å². The molecule has 2 aromatic heterocycles. The summed E-state index contributed by atoms with van der Waals surface area (Å²) in [4.78, 5) is 15.6. The number of rotatable bonds is 6. The van der Waals surface area contributed by atoms with Gasteiger partial charge in [-0.3, -0.25) is 9.88 Å². The smallest absolute Gasteiger partial charge is 0.128 e. The van der Waals surface area contributed by atoms with Crippen LogP contribution in [-0.4, -0.2) is 45.7 Å². The van der Waals surface area contributed by atoms with Gasteiger partial charge in [0.25, 0.3) is 0 Å². The van der Waals surface area contributed by atoms with E-state index in [1.54, 1.807) is 0 Å². The molecule has 0 aromatic carbocycles. The number of hydrogen-bond acceptors (Lipinski definition) is 5. The van der Waals surface area contributed by atoms with Gasteiger partial charge in [0.15, 0.2) is 0 Å². The SMILES string of the molecule is CCCc1ncc(CN2CC3(COC(Cc4cccnc4)C3)C2)cn1. The number of hydrogen-bond donors (Lipinski definition) is 0. The molecular formula is C20H26N4O. The lowest BCUT2D eigenvalue weighted by molar-refractivity contribution is -0.0141. The van der Waals surface area contributed by atoms with Crippen LogP contribution in [0.5, 0.6) is 0 Å². The van der Waals surface area contributed by atoms with Crippen molar-refractivity contribution in [1.82, 2.24) is 19.9 Å². The molecule has 2 aliphatic heterocycles. The van der Waals surface area contributed by atoms with E-state index in [9.17, 15) is 0 Å². The van der Waals surface area contributed by atoms with Crippen molar-refractivity contribution < 1.29 is 4.74 Å². The van der Waals surface area contributed by atoms with E-state index in [4.69, 9.17) is 4.74 Å². The maximum atomic E-state index is 6.08. The molecule has 2 aliphatic rings. The molecule has 1 unspecified atom stereocenters. The zero-order valence-corrected chi connectivity index (χ0v) is 14.9. The fourth-order valence-corrected chi connectivity index (χ4v) is 4.12. The van der Waals surface area contributed by atoms with E-state index in [1.165, 1.54) is 11.1 Å². The fraction of sp³-hybridized carbons (Fsp3) is 0.550. The lowest BCUT2D eigenvalue weighted by Crippen LogP contribution is -2.56. The van der Waals surface area contributed by atoms with Crippen molar-refractivity contribution in [3.8, 4) is 0 Å². The second kappa shape index (κ2) is 7.18. The molecule has 4 rings (SSSR count). The molecule has 0 aliphatic carbocycles. The van der Waals surface area contributed by atoms with Crippen molar-refractivity contribution >= 4 is 0 Å². The fourth-order valence-electron chi connectivity index (χ4n) is 4.12. The summed E-state index contributed by atoms with van der Waals surface area (Å²) >= 11 is 0. The number of nitrogens with zero attached hydrogens (tertiary/aromatic N) is 4. The van der Waals surface area contributed by atoms with Crippen LogP contribution >= 0.6 is 0 Å². The van der Waals surface area contributed by atoms with Crippen LogP contribution in [0.25, 0.3) is 0 Å². The summed E-state index contributed by atoms with van der Waals surface area (Å²) in [6, 6.07) is 4.13. The average Bonchev–Trinajstić information content (AvgIpc) is 3.01. The van der Waals surface area contributed by atoms with Gasteiger partial charge in [0.2, 0.25) is 0 Å². The number of likely N-dealkylation sites (tertiary alicyclic amines) is 1. The third-order valence-corrected chi connectivity index (χ3v) is 5.23. The monoisotopic (exact) mass is 338 g/mol. The lowest BCUT2D eigenvalue weighted by atomic mass is 9.77. The molecule has 1 atom stereocenters. The van der Waals surface area contributed by atoms with Crippen molar-refractivity contribution in [3.63, 3.8) is 0 Å². The summed E-state index contributed by atoms with van der Waals surface area (Å²) in [5, 5.41) is 0. The molecule has 5 nitrogen and oxygen atoms in total. The Morgan fingerprint density at radius 1 is 1.20 bits per heavy atom. The maximum absolute atomic E-state index is 6.08. The summed E-state index contributed by atoms with van der Waals surface area (Å²) < 4.78 is 6.08. The molecule has 0 saturated carbocycles.